The summed E-state index contributed by atoms with van der Waals surface area (Å²) in [5.74, 6) is 0. The SMILES string of the molecule is CC.CC(N)=S.O=[N+]([O-])c1ccccc1. The molecule has 0 aliphatic rings. The highest BCUT2D eigenvalue weighted by Gasteiger charge is 1.98. The largest absolute Gasteiger partial charge is 0.394 e. The minimum atomic E-state index is -0.417. The Balaban J connectivity index is 0. The molecule has 0 aromatic heterocycles. The molecule has 15 heavy (non-hydrogen) atoms. The van der Waals surface area contributed by atoms with Gasteiger partial charge in [-0.05, 0) is 6.92 Å². The number of benzene rings is 1. The van der Waals surface area contributed by atoms with E-state index in [-0.39, 0.29) is 5.69 Å². The van der Waals surface area contributed by atoms with Crippen LogP contribution < -0.4 is 5.73 Å². The fourth-order valence-electron chi connectivity index (χ4n) is 0.550. The number of non-ortho nitro benzene ring substituents is 1. The molecule has 0 amide bonds. The summed E-state index contributed by atoms with van der Waals surface area (Å²) in [6.45, 7) is 5.68. The number of hydrogen-bond acceptors (Lipinski definition) is 3. The molecular weight excluding hydrogens is 212 g/mol. The summed E-state index contributed by atoms with van der Waals surface area (Å²) < 4.78 is 0. The quantitative estimate of drug-likeness (QED) is 0.456. The molecule has 0 bridgehead atoms. The Kier molecular flexibility index (Phi) is 11.3. The van der Waals surface area contributed by atoms with Gasteiger partial charge >= 0.3 is 0 Å². The Labute approximate surface area is 95.3 Å². The number of hydrogen-bond donors (Lipinski definition) is 1. The maximum absolute atomic E-state index is 10.0. The molecule has 1 rings (SSSR count). The average Bonchev–Trinajstić information content (AvgIpc) is 2.21. The highest BCUT2D eigenvalue weighted by molar-refractivity contribution is 7.80. The second-order valence-corrected chi connectivity index (χ2v) is 2.85. The van der Waals surface area contributed by atoms with Gasteiger partial charge in [-0.1, -0.05) is 44.3 Å². The first-order valence-electron chi connectivity index (χ1n) is 4.49. The lowest BCUT2D eigenvalue weighted by Crippen LogP contribution is -1.98. The van der Waals surface area contributed by atoms with E-state index in [0.29, 0.717) is 4.99 Å². The summed E-state index contributed by atoms with van der Waals surface area (Å²) in [4.78, 5) is 10.1. The van der Waals surface area contributed by atoms with Gasteiger partial charge in [0, 0.05) is 12.1 Å². The molecule has 1 aromatic carbocycles. The zero-order valence-corrected chi connectivity index (χ0v) is 9.95. The third-order valence-electron chi connectivity index (χ3n) is 0.967. The number of nitrogens with two attached hydrogens (primary N) is 1. The number of rotatable bonds is 1. The van der Waals surface area contributed by atoms with Crippen molar-refractivity contribution in [3.05, 3.63) is 40.4 Å². The smallest absolute Gasteiger partial charge is 0.269 e. The van der Waals surface area contributed by atoms with Crippen LogP contribution in [0.4, 0.5) is 5.69 Å². The number of nitro benzene ring substituents is 1. The van der Waals surface area contributed by atoms with Gasteiger partial charge in [-0.3, -0.25) is 10.1 Å². The molecule has 5 heteroatoms. The predicted octanol–water partition coefficient (Wildman–Crippen LogP) is 2.91. The van der Waals surface area contributed by atoms with Crippen LogP contribution in [0.25, 0.3) is 0 Å². The topological polar surface area (TPSA) is 69.2 Å². The van der Waals surface area contributed by atoms with E-state index >= 15 is 0 Å². The molecule has 0 fully saturated rings. The highest BCUT2D eigenvalue weighted by atomic mass is 32.1. The number of nitro groups is 1. The molecule has 0 aliphatic heterocycles. The summed E-state index contributed by atoms with van der Waals surface area (Å²) in [7, 11) is 0. The van der Waals surface area contributed by atoms with Gasteiger partial charge in [-0.2, -0.15) is 0 Å². The molecule has 0 saturated carbocycles. The van der Waals surface area contributed by atoms with E-state index in [1.54, 1.807) is 25.1 Å². The minimum absolute atomic E-state index is 0.137. The standard InChI is InChI=1S/C6H5NO2.C2H5NS.C2H6/c8-7(9)6-4-2-1-3-5-6;1-2(3)4;1-2/h1-5H;1H3,(H2,3,4);1-2H3. The summed E-state index contributed by atoms with van der Waals surface area (Å²) in [5, 5.41) is 10.0. The van der Waals surface area contributed by atoms with Crippen LogP contribution in [0.15, 0.2) is 30.3 Å². The van der Waals surface area contributed by atoms with E-state index in [2.05, 4.69) is 12.2 Å². The van der Waals surface area contributed by atoms with Crippen LogP contribution >= 0.6 is 12.2 Å². The Morgan fingerprint density at radius 3 is 1.87 bits per heavy atom. The molecule has 84 valence electrons. The summed E-state index contributed by atoms with van der Waals surface area (Å²) in [6, 6.07) is 7.93. The molecule has 0 spiro atoms. The van der Waals surface area contributed by atoms with Crippen molar-refractivity contribution in [3.8, 4) is 0 Å². The molecule has 1 aromatic rings. The van der Waals surface area contributed by atoms with Crippen molar-refractivity contribution in [1.29, 1.82) is 0 Å². The Bertz CT molecular complexity index is 285. The van der Waals surface area contributed by atoms with Crippen molar-refractivity contribution in [2.24, 2.45) is 5.73 Å². The van der Waals surface area contributed by atoms with Crippen molar-refractivity contribution in [3.63, 3.8) is 0 Å². The third-order valence-corrected chi connectivity index (χ3v) is 0.967. The van der Waals surface area contributed by atoms with E-state index in [9.17, 15) is 10.1 Å². The molecule has 0 aliphatic carbocycles. The van der Waals surface area contributed by atoms with E-state index in [0.717, 1.165) is 0 Å². The Morgan fingerprint density at radius 1 is 1.33 bits per heavy atom. The fourth-order valence-corrected chi connectivity index (χ4v) is 0.550. The van der Waals surface area contributed by atoms with Crippen molar-refractivity contribution < 1.29 is 4.92 Å². The predicted molar refractivity (Wildman–Crippen MR) is 66.9 cm³/mol. The molecule has 0 atom stereocenters. The van der Waals surface area contributed by atoms with Crippen molar-refractivity contribution in [2.45, 2.75) is 20.8 Å². The first-order chi connectivity index (χ1) is 7.04. The number of para-hydroxylation sites is 1. The van der Waals surface area contributed by atoms with Gasteiger partial charge in [0.05, 0.1) is 9.91 Å². The summed E-state index contributed by atoms with van der Waals surface area (Å²) in [6.07, 6.45) is 0. The van der Waals surface area contributed by atoms with Crippen LogP contribution in [0.3, 0.4) is 0 Å². The van der Waals surface area contributed by atoms with Gasteiger partial charge in [0.15, 0.2) is 0 Å². The lowest BCUT2D eigenvalue weighted by atomic mass is 10.3. The molecule has 4 nitrogen and oxygen atoms in total. The van der Waals surface area contributed by atoms with Crippen molar-refractivity contribution in [2.75, 3.05) is 0 Å². The fraction of sp³-hybridized carbons (Fsp3) is 0.300. The summed E-state index contributed by atoms with van der Waals surface area (Å²) >= 11 is 4.31. The zero-order valence-electron chi connectivity index (χ0n) is 9.14. The molecule has 0 unspecified atom stereocenters. The lowest BCUT2D eigenvalue weighted by molar-refractivity contribution is -0.384. The maximum atomic E-state index is 10.0. The van der Waals surface area contributed by atoms with Gasteiger partial charge < -0.3 is 5.73 Å². The Morgan fingerprint density at radius 2 is 1.67 bits per heavy atom. The minimum Gasteiger partial charge on any atom is -0.394 e. The molecule has 0 heterocycles. The van der Waals surface area contributed by atoms with Gasteiger partial charge in [0.1, 0.15) is 0 Å². The zero-order chi connectivity index (χ0) is 12.3. The van der Waals surface area contributed by atoms with Crippen LogP contribution in [0, 0.1) is 10.1 Å². The van der Waals surface area contributed by atoms with Gasteiger partial charge in [0.25, 0.3) is 5.69 Å². The van der Waals surface area contributed by atoms with Crippen molar-refractivity contribution >= 4 is 22.9 Å². The van der Waals surface area contributed by atoms with E-state index < -0.39 is 4.92 Å². The second-order valence-electron chi connectivity index (χ2n) is 2.20. The third kappa shape index (κ3) is 12.5. The Hall–Kier alpha value is -1.49. The van der Waals surface area contributed by atoms with Gasteiger partial charge in [0.2, 0.25) is 0 Å². The van der Waals surface area contributed by atoms with Crippen LogP contribution in [0.2, 0.25) is 0 Å². The average molecular weight is 228 g/mol. The van der Waals surface area contributed by atoms with Crippen LogP contribution in [-0.4, -0.2) is 9.91 Å². The molecule has 2 N–H and O–H groups in total. The first-order valence-corrected chi connectivity index (χ1v) is 4.90. The second kappa shape index (κ2) is 10.6. The van der Waals surface area contributed by atoms with Crippen LogP contribution in [-0.2, 0) is 0 Å². The number of thiocarbonyl (C=S) groups is 1. The van der Waals surface area contributed by atoms with E-state index in [1.807, 2.05) is 13.8 Å². The monoisotopic (exact) mass is 228 g/mol. The van der Waals surface area contributed by atoms with Gasteiger partial charge in [-0.25, -0.2) is 0 Å². The molecule has 0 radical (unpaired) electrons. The number of nitrogens with zero attached hydrogens (tertiary/aromatic N) is 1. The summed E-state index contributed by atoms with van der Waals surface area (Å²) in [5.41, 5.74) is 4.98. The first kappa shape index (κ1) is 16.0. The maximum Gasteiger partial charge on any atom is 0.269 e. The van der Waals surface area contributed by atoms with Crippen LogP contribution in [0.1, 0.15) is 20.8 Å². The molecular formula is C10H16N2O2S. The molecule has 0 saturated heterocycles. The van der Waals surface area contributed by atoms with E-state index in [1.165, 1.54) is 12.1 Å². The van der Waals surface area contributed by atoms with Crippen molar-refractivity contribution in [1.82, 2.24) is 0 Å². The van der Waals surface area contributed by atoms with Crippen LogP contribution in [0.5, 0.6) is 0 Å². The normalized spacial score (nSPS) is 7.40. The highest BCUT2D eigenvalue weighted by Crippen LogP contribution is 2.06. The van der Waals surface area contributed by atoms with Gasteiger partial charge in [-0.15, -0.1) is 0 Å². The van der Waals surface area contributed by atoms with E-state index in [4.69, 9.17) is 5.73 Å². The lowest BCUT2D eigenvalue weighted by Gasteiger charge is -1.85.